The van der Waals surface area contributed by atoms with Crippen molar-refractivity contribution < 1.29 is 22.7 Å². The Hall–Kier alpha value is -2.74. The Kier molecular flexibility index (Phi) is 5.49. The summed E-state index contributed by atoms with van der Waals surface area (Å²) in [7, 11) is 0. The summed E-state index contributed by atoms with van der Waals surface area (Å²) >= 11 is 6.02. The maximum Gasteiger partial charge on any atom is 0.573 e. The number of aryl methyl sites for hydroxylation is 1. The highest BCUT2D eigenvalue weighted by Gasteiger charge is 2.31. The number of ether oxygens (including phenoxy) is 1. The Labute approximate surface area is 170 Å². The number of carbonyl (C=O) groups excluding carboxylic acids is 1. The number of fused-ring (bicyclic) bond motifs is 1. The van der Waals surface area contributed by atoms with Gasteiger partial charge >= 0.3 is 6.36 Å². The molecule has 0 aliphatic carbocycles. The number of hydrogen-bond acceptors (Lipinski definition) is 3. The molecule has 1 aromatic heterocycles. The number of aromatic nitrogens is 2. The third kappa shape index (κ3) is 5.20. The summed E-state index contributed by atoms with van der Waals surface area (Å²) in [6.07, 6.45) is -4.78. The summed E-state index contributed by atoms with van der Waals surface area (Å²) < 4.78 is 42.3. The van der Waals surface area contributed by atoms with E-state index in [9.17, 15) is 18.0 Å². The first-order valence-electron chi connectivity index (χ1n) is 8.74. The maximum atomic E-state index is 12.5. The molecule has 1 amide bonds. The van der Waals surface area contributed by atoms with Gasteiger partial charge in [-0.2, -0.15) is 5.10 Å². The number of nitrogens with zero attached hydrogens (tertiary/aromatic N) is 2. The number of amides is 1. The topological polar surface area (TPSA) is 56.2 Å². The lowest BCUT2D eigenvalue weighted by Crippen LogP contribution is -2.46. The van der Waals surface area contributed by atoms with Gasteiger partial charge in [-0.3, -0.25) is 9.48 Å². The van der Waals surface area contributed by atoms with E-state index in [0.29, 0.717) is 11.6 Å². The lowest BCUT2D eigenvalue weighted by molar-refractivity contribution is -0.274. The van der Waals surface area contributed by atoms with E-state index in [4.69, 9.17) is 11.6 Å². The van der Waals surface area contributed by atoms with Crippen molar-refractivity contribution in [3.05, 3.63) is 58.7 Å². The second-order valence-corrected chi connectivity index (χ2v) is 7.75. The molecule has 5 nitrogen and oxygen atoms in total. The molecule has 9 heteroatoms. The zero-order valence-electron chi connectivity index (χ0n) is 16.0. The second kappa shape index (κ2) is 7.59. The van der Waals surface area contributed by atoms with Gasteiger partial charge in [-0.25, -0.2) is 0 Å². The van der Waals surface area contributed by atoms with Gasteiger partial charge in [0.05, 0.1) is 17.6 Å². The molecule has 154 valence electrons. The van der Waals surface area contributed by atoms with E-state index in [2.05, 4.69) is 15.2 Å². The number of halogens is 4. The van der Waals surface area contributed by atoms with Crippen LogP contribution in [0.3, 0.4) is 0 Å². The minimum Gasteiger partial charge on any atom is -0.406 e. The first kappa shape index (κ1) is 21.0. The Morgan fingerprint density at radius 3 is 2.45 bits per heavy atom. The zero-order valence-corrected chi connectivity index (χ0v) is 16.7. The molecule has 0 radical (unpaired) electrons. The van der Waals surface area contributed by atoms with Crippen molar-refractivity contribution in [1.29, 1.82) is 0 Å². The Morgan fingerprint density at radius 1 is 1.17 bits per heavy atom. The first-order chi connectivity index (χ1) is 13.4. The van der Waals surface area contributed by atoms with Crippen molar-refractivity contribution in [2.45, 2.75) is 39.2 Å². The van der Waals surface area contributed by atoms with Crippen molar-refractivity contribution in [3.8, 4) is 5.75 Å². The fourth-order valence-electron chi connectivity index (χ4n) is 2.99. The molecule has 1 heterocycles. The normalized spacial score (nSPS) is 12.2. The van der Waals surface area contributed by atoms with Crippen molar-refractivity contribution in [2.24, 2.45) is 0 Å². The van der Waals surface area contributed by atoms with Crippen LogP contribution in [-0.2, 0) is 6.54 Å². The molecule has 0 saturated heterocycles. The Morgan fingerprint density at radius 2 is 1.83 bits per heavy atom. The summed E-state index contributed by atoms with van der Waals surface area (Å²) in [5.41, 5.74) is 1.25. The lowest BCUT2D eigenvalue weighted by atomic mass is 10.0. The van der Waals surface area contributed by atoms with Gasteiger partial charge < -0.3 is 10.1 Å². The third-order valence-electron chi connectivity index (χ3n) is 4.31. The number of benzene rings is 2. The van der Waals surface area contributed by atoms with E-state index in [-0.39, 0.29) is 11.3 Å². The molecular formula is C20H19ClF3N3O2. The molecule has 0 aliphatic heterocycles. The minimum absolute atomic E-state index is 0.224. The van der Waals surface area contributed by atoms with E-state index in [1.165, 1.54) is 12.1 Å². The standard InChI is InChI=1S/C20H19ClF3N3O2/c1-12-16-9-6-14(21)10-17(16)26-27(12)11-19(2,3)25-18(28)13-4-7-15(8-5-13)29-20(22,23)24/h4-10H,11H2,1-3H3,(H,25,28). The van der Waals surface area contributed by atoms with E-state index < -0.39 is 17.8 Å². The van der Waals surface area contributed by atoms with Crippen molar-refractivity contribution in [2.75, 3.05) is 0 Å². The highest BCUT2D eigenvalue weighted by molar-refractivity contribution is 6.31. The van der Waals surface area contributed by atoms with E-state index in [1.807, 2.05) is 26.8 Å². The average molecular weight is 426 g/mol. The first-order valence-corrected chi connectivity index (χ1v) is 9.12. The molecule has 3 rings (SSSR count). The molecule has 0 saturated carbocycles. The molecule has 0 aliphatic rings. The molecular weight excluding hydrogens is 407 g/mol. The number of alkyl halides is 3. The smallest absolute Gasteiger partial charge is 0.406 e. The molecule has 0 fully saturated rings. The third-order valence-corrected chi connectivity index (χ3v) is 4.55. The summed E-state index contributed by atoms with van der Waals surface area (Å²) in [5.74, 6) is -0.795. The molecule has 2 aromatic carbocycles. The highest BCUT2D eigenvalue weighted by atomic mass is 35.5. The number of nitrogens with one attached hydrogen (secondary N) is 1. The van der Waals surface area contributed by atoms with Crippen LogP contribution in [0.1, 0.15) is 29.9 Å². The van der Waals surface area contributed by atoms with Crippen LogP contribution in [0.4, 0.5) is 13.2 Å². The molecule has 0 atom stereocenters. The van der Waals surface area contributed by atoms with Gasteiger partial charge in [0.25, 0.3) is 5.91 Å². The highest BCUT2D eigenvalue weighted by Crippen LogP contribution is 2.24. The van der Waals surface area contributed by atoms with Crippen LogP contribution >= 0.6 is 11.6 Å². The largest absolute Gasteiger partial charge is 0.573 e. The quantitative estimate of drug-likeness (QED) is 0.618. The number of hydrogen-bond donors (Lipinski definition) is 1. The molecule has 0 bridgehead atoms. The van der Waals surface area contributed by atoms with Crippen LogP contribution in [0.25, 0.3) is 10.9 Å². The van der Waals surface area contributed by atoms with Crippen LogP contribution in [0, 0.1) is 6.92 Å². The van der Waals surface area contributed by atoms with Crippen LogP contribution in [-0.4, -0.2) is 27.6 Å². The van der Waals surface area contributed by atoms with E-state index in [1.54, 1.807) is 16.8 Å². The molecule has 0 unspecified atom stereocenters. The fraction of sp³-hybridized carbons (Fsp3) is 0.300. The van der Waals surface area contributed by atoms with Gasteiger partial charge in [-0.1, -0.05) is 11.6 Å². The van der Waals surface area contributed by atoms with Gasteiger partial charge in [0.1, 0.15) is 5.75 Å². The lowest BCUT2D eigenvalue weighted by Gasteiger charge is -2.27. The van der Waals surface area contributed by atoms with Crippen molar-refractivity contribution >= 4 is 28.4 Å². The van der Waals surface area contributed by atoms with Crippen LogP contribution < -0.4 is 10.1 Å². The van der Waals surface area contributed by atoms with Crippen LogP contribution in [0.2, 0.25) is 5.02 Å². The fourth-order valence-corrected chi connectivity index (χ4v) is 3.16. The SMILES string of the molecule is Cc1c2ccc(Cl)cc2nn1CC(C)(C)NC(=O)c1ccc(OC(F)(F)F)cc1. The van der Waals surface area contributed by atoms with Gasteiger partial charge in [-0.15, -0.1) is 13.2 Å². The molecule has 1 N–H and O–H groups in total. The minimum atomic E-state index is -4.78. The molecule has 0 spiro atoms. The monoisotopic (exact) mass is 425 g/mol. The van der Waals surface area contributed by atoms with Gasteiger partial charge in [0, 0.05) is 21.7 Å². The van der Waals surface area contributed by atoms with Gasteiger partial charge in [-0.05, 0) is 63.2 Å². The Bertz CT molecular complexity index is 1040. The Balaban J connectivity index is 1.72. The maximum absolute atomic E-state index is 12.5. The molecule has 3 aromatic rings. The van der Waals surface area contributed by atoms with E-state index >= 15 is 0 Å². The van der Waals surface area contributed by atoms with Crippen LogP contribution in [0.15, 0.2) is 42.5 Å². The van der Waals surface area contributed by atoms with Crippen molar-refractivity contribution in [1.82, 2.24) is 15.1 Å². The number of rotatable bonds is 5. The zero-order chi connectivity index (χ0) is 21.4. The van der Waals surface area contributed by atoms with Crippen LogP contribution in [0.5, 0.6) is 5.75 Å². The van der Waals surface area contributed by atoms with Gasteiger partial charge in [0.2, 0.25) is 0 Å². The predicted octanol–water partition coefficient (Wildman–Crippen LogP) is 5.11. The van der Waals surface area contributed by atoms with Gasteiger partial charge in [0.15, 0.2) is 0 Å². The summed E-state index contributed by atoms with van der Waals surface area (Å²) in [5, 5.41) is 8.98. The predicted molar refractivity (Wildman–Crippen MR) is 104 cm³/mol. The van der Waals surface area contributed by atoms with E-state index in [0.717, 1.165) is 28.7 Å². The number of carbonyl (C=O) groups is 1. The second-order valence-electron chi connectivity index (χ2n) is 7.31. The summed E-state index contributed by atoms with van der Waals surface area (Å²) in [6.45, 7) is 6.00. The summed E-state index contributed by atoms with van der Waals surface area (Å²) in [6, 6.07) is 10.2. The average Bonchev–Trinajstić information content (AvgIpc) is 2.88. The van der Waals surface area contributed by atoms with Crippen molar-refractivity contribution in [3.63, 3.8) is 0 Å². The summed E-state index contributed by atoms with van der Waals surface area (Å²) in [4.78, 5) is 12.5. The molecule has 29 heavy (non-hydrogen) atoms.